The molecule has 19 heavy (non-hydrogen) atoms. The fourth-order valence-electron chi connectivity index (χ4n) is 4.01. The molecule has 1 saturated heterocycles. The maximum absolute atomic E-state index is 9.51. The lowest BCUT2D eigenvalue weighted by atomic mass is 9.68. The molecule has 1 atom stereocenters. The van der Waals surface area contributed by atoms with Gasteiger partial charge in [0.2, 0.25) is 0 Å². The molecule has 0 bridgehead atoms. The van der Waals surface area contributed by atoms with Gasteiger partial charge in [-0.1, -0.05) is 18.9 Å². The highest BCUT2D eigenvalue weighted by atomic mass is 16.5. The summed E-state index contributed by atoms with van der Waals surface area (Å²) in [6, 6.07) is 6.13. The highest BCUT2D eigenvalue weighted by molar-refractivity contribution is 5.20. The van der Waals surface area contributed by atoms with Crippen LogP contribution in [0.15, 0.2) is 24.4 Å². The lowest BCUT2D eigenvalue weighted by Crippen LogP contribution is -2.46. The smallest absolute Gasteiger partial charge is 0.0691 e. The van der Waals surface area contributed by atoms with E-state index in [9.17, 15) is 5.11 Å². The number of ether oxygens (including phenoxy) is 1. The Labute approximate surface area is 115 Å². The number of hydrogen-bond donors (Lipinski definition) is 1. The Morgan fingerprint density at radius 3 is 2.74 bits per heavy atom. The molecule has 1 aromatic heterocycles. The van der Waals surface area contributed by atoms with Gasteiger partial charge in [-0.15, -0.1) is 0 Å². The molecule has 1 saturated carbocycles. The van der Waals surface area contributed by atoms with E-state index in [1.165, 1.54) is 25.7 Å². The summed E-state index contributed by atoms with van der Waals surface area (Å²) in [5.41, 5.74) is 1.21. The number of aliphatic hydroxyl groups is 1. The molecule has 1 aromatic rings. The predicted octanol–water partition coefficient (Wildman–Crippen LogP) is 2.83. The zero-order valence-corrected chi connectivity index (χ0v) is 11.5. The van der Waals surface area contributed by atoms with E-state index in [2.05, 4.69) is 17.1 Å². The first-order chi connectivity index (χ1) is 9.29. The summed E-state index contributed by atoms with van der Waals surface area (Å²) in [4.78, 5) is 4.58. The van der Waals surface area contributed by atoms with Crippen molar-refractivity contribution in [2.45, 2.75) is 56.0 Å². The number of nitrogens with zero attached hydrogens (tertiary/aromatic N) is 1. The fraction of sp³-hybridized carbons (Fsp3) is 0.688. The maximum atomic E-state index is 9.51. The highest BCUT2D eigenvalue weighted by Gasteiger charge is 2.48. The molecule has 1 aliphatic carbocycles. The van der Waals surface area contributed by atoms with Gasteiger partial charge in [0.05, 0.1) is 5.60 Å². The van der Waals surface area contributed by atoms with Crippen LogP contribution in [0.2, 0.25) is 0 Å². The van der Waals surface area contributed by atoms with Gasteiger partial charge in [-0.05, 0) is 44.2 Å². The van der Waals surface area contributed by atoms with Crippen LogP contribution in [0.4, 0.5) is 0 Å². The summed E-state index contributed by atoms with van der Waals surface area (Å²) in [7, 11) is 0. The van der Waals surface area contributed by atoms with Crippen LogP contribution in [0, 0.1) is 0 Å². The van der Waals surface area contributed by atoms with E-state index in [-0.39, 0.29) is 17.6 Å². The Morgan fingerprint density at radius 2 is 2.05 bits per heavy atom. The number of aliphatic hydroxyl groups excluding tert-OH is 1. The largest absolute Gasteiger partial charge is 0.396 e. The van der Waals surface area contributed by atoms with Crippen LogP contribution >= 0.6 is 0 Å². The second-order valence-electron chi connectivity index (χ2n) is 6.13. The first-order valence-corrected chi connectivity index (χ1v) is 7.45. The third kappa shape index (κ3) is 2.41. The molecule has 1 spiro atoms. The first kappa shape index (κ1) is 13.1. The molecule has 1 aliphatic heterocycles. The van der Waals surface area contributed by atoms with Crippen LogP contribution in [-0.2, 0) is 10.2 Å². The van der Waals surface area contributed by atoms with E-state index >= 15 is 0 Å². The Hall–Kier alpha value is -0.930. The number of pyridine rings is 1. The molecular weight excluding hydrogens is 238 g/mol. The molecule has 2 aliphatic rings. The third-order valence-corrected chi connectivity index (χ3v) is 4.96. The van der Waals surface area contributed by atoms with Gasteiger partial charge in [0.1, 0.15) is 0 Å². The molecule has 2 heterocycles. The van der Waals surface area contributed by atoms with Crippen molar-refractivity contribution < 1.29 is 9.84 Å². The Balaban J connectivity index is 1.92. The minimum Gasteiger partial charge on any atom is -0.396 e. The predicted molar refractivity (Wildman–Crippen MR) is 74.0 cm³/mol. The maximum Gasteiger partial charge on any atom is 0.0691 e. The molecule has 0 amide bonds. The van der Waals surface area contributed by atoms with Crippen molar-refractivity contribution in [3.8, 4) is 0 Å². The summed E-state index contributed by atoms with van der Waals surface area (Å²) in [6.07, 6.45) is 9.57. The van der Waals surface area contributed by atoms with Gasteiger partial charge >= 0.3 is 0 Å². The topological polar surface area (TPSA) is 42.4 Å². The minimum absolute atomic E-state index is 0.0125. The monoisotopic (exact) mass is 261 g/mol. The van der Waals surface area contributed by atoms with Crippen LogP contribution in [0.25, 0.3) is 0 Å². The quantitative estimate of drug-likeness (QED) is 0.909. The zero-order valence-electron chi connectivity index (χ0n) is 11.5. The first-order valence-electron chi connectivity index (χ1n) is 7.45. The molecule has 2 fully saturated rings. The van der Waals surface area contributed by atoms with Crippen molar-refractivity contribution in [2.24, 2.45) is 0 Å². The van der Waals surface area contributed by atoms with Gasteiger partial charge in [0, 0.05) is 30.5 Å². The SMILES string of the molecule is OCCC1(c2ccccn2)CCOC2(CCCC2)C1. The summed E-state index contributed by atoms with van der Waals surface area (Å²) in [6.45, 7) is 1.03. The van der Waals surface area contributed by atoms with Gasteiger partial charge in [-0.3, -0.25) is 4.98 Å². The van der Waals surface area contributed by atoms with Gasteiger partial charge in [0.25, 0.3) is 0 Å². The third-order valence-electron chi connectivity index (χ3n) is 4.96. The Morgan fingerprint density at radius 1 is 1.21 bits per heavy atom. The van der Waals surface area contributed by atoms with Crippen molar-refractivity contribution in [1.29, 1.82) is 0 Å². The van der Waals surface area contributed by atoms with Gasteiger partial charge in [-0.25, -0.2) is 0 Å². The van der Waals surface area contributed by atoms with Crippen LogP contribution in [0.1, 0.15) is 50.6 Å². The molecule has 3 rings (SSSR count). The molecule has 1 N–H and O–H groups in total. The summed E-state index contributed by atoms with van der Waals surface area (Å²) < 4.78 is 6.14. The molecule has 0 aromatic carbocycles. The number of rotatable bonds is 3. The van der Waals surface area contributed by atoms with Crippen molar-refractivity contribution in [2.75, 3.05) is 13.2 Å². The van der Waals surface area contributed by atoms with Gasteiger partial charge < -0.3 is 9.84 Å². The average molecular weight is 261 g/mol. The second kappa shape index (κ2) is 5.22. The molecule has 0 radical (unpaired) electrons. The van der Waals surface area contributed by atoms with E-state index in [0.29, 0.717) is 0 Å². The Bertz CT molecular complexity index is 410. The molecular formula is C16H23NO2. The number of aromatic nitrogens is 1. The number of hydrogen-bond acceptors (Lipinski definition) is 3. The zero-order chi connectivity index (χ0) is 13.2. The van der Waals surface area contributed by atoms with Gasteiger partial charge in [0.15, 0.2) is 0 Å². The van der Waals surface area contributed by atoms with E-state index in [4.69, 9.17) is 4.74 Å². The average Bonchev–Trinajstić information content (AvgIpc) is 2.88. The van der Waals surface area contributed by atoms with E-state index in [1.54, 1.807) is 0 Å². The van der Waals surface area contributed by atoms with Crippen molar-refractivity contribution in [3.63, 3.8) is 0 Å². The second-order valence-corrected chi connectivity index (χ2v) is 6.13. The van der Waals surface area contributed by atoms with E-state index in [0.717, 1.165) is 31.6 Å². The summed E-state index contributed by atoms with van der Waals surface area (Å²) >= 11 is 0. The van der Waals surface area contributed by atoms with Crippen molar-refractivity contribution >= 4 is 0 Å². The normalized spacial score (nSPS) is 29.7. The van der Waals surface area contributed by atoms with Crippen LogP contribution in [-0.4, -0.2) is 28.9 Å². The van der Waals surface area contributed by atoms with Crippen LogP contribution in [0.3, 0.4) is 0 Å². The van der Waals surface area contributed by atoms with Gasteiger partial charge in [-0.2, -0.15) is 0 Å². The summed E-state index contributed by atoms with van der Waals surface area (Å²) in [5.74, 6) is 0. The summed E-state index contributed by atoms with van der Waals surface area (Å²) in [5, 5.41) is 9.51. The van der Waals surface area contributed by atoms with E-state index in [1.807, 2.05) is 12.3 Å². The van der Waals surface area contributed by atoms with Crippen LogP contribution in [0.5, 0.6) is 0 Å². The lowest BCUT2D eigenvalue weighted by molar-refractivity contribution is -0.106. The van der Waals surface area contributed by atoms with E-state index < -0.39 is 0 Å². The molecule has 3 heteroatoms. The standard InChI is InChI=1S/C16H23NO2/c18-11-8-15(14-5-1-4-10-17-14)9-12-19-16(13-15)6-2-3-7-16/h1,4-5,10,18H,2-3,6-9,11-13H2. The lowest BCUT2D eigenvalue weighted by Gasteiger charge is -2.46. The molecule has 3 nitrogen and oxygen atoms in total. The van der Waals surface area contributed by atoms with Crippen molar-refractivity contribution in [3.05, 3.63) is 30.1 Å². The minimum atomic E-state index is 0.0125. The molecule has 104 valence electrons. The molecule has 1 unspecified atom stereocenters. The Kier molecular flexibility index (Phi) is 3.59. The van der Waals surface area contributed by atoms with Crippen molar-refractivity contribution in [1.82, 2.24) is 4.98 Å². The highest BCUT2D eigenvalue weighted by Crippen LogP contribution is 2.49. The van der Waals surface area contributed by atoms with Crippen LogP contribution < -0.4 is 0 Å². The fourth-order valence-corrected chi connectivity index (χ4v) is 4.01.